The first-order valence-electron chi connectivity index (χ1n) is 8.24. The molecule has 0 fully saturated rings. The summed E-state index contributed by atoms with van der Waals surface area (Å²) < 4.78 is 18.9. The summed E-state index contributed by atoms with van der Waals surface area (Å²) in [7, 11) is 1.32. The lowest BCUT2D eigenvalue weighted by Crippen LogP contribution is -2.41. The molecule has 138 valence electrons. The number of carbonyl (C=O) groups excluding carboxylic acids is 2. The van der Waals surface area contributed by atoms with Crippen LogP contribution in [0.5, 0.6) is 0 Å². The van der Waals surface area contributed by atoms with Crippen LogP contribution >= 0.6 is 15.9 Å². The van der Waals surface area contributed by atoms with Gasteiger partial charge in [-0.15, -0.1) is 0 Å². The van der Waals surface area contributed by atoms with Gasteiger partial charge in [0.05, 0.1) is 13.2 Å². The van der Waals surface area contributed by atoms with Gasteiger partial charge in [-0.3, -0.25) is 9.69 Å². The van der Waals surface area contributed by atoms with Crippen LogP contribution in [0.15, 0.2) is 53.0 Å². The van der Waals surface area contributed by atoms with Crippen LogP contribution in [-0.2, 0) is 4.74 Å². The van der Waals surface area contributed by atoms with Gasteiger partial charge in [0.2, 0.25) is 0 Å². The van der Waals surface area contributed by atoms with E-state index in [1.807, 2.05) is 31.2 Å². The highest BCUT2D eigenvalue weighted by molar-refractivity contribution is 9.10. The average molecular weight is 422 g/mol. The van der Waals surface area contributed by atoms with Gasteiger partial charge in [-0.25, -0.2) is 9.18 Å². The molecular formula is C20H21BrFNO3. The van der Waals surface area contributed by atoms with E-state index in [-0.39, 0.29) is 18.2 Å². The minimum absolute atomic E-state index is 0.113. The van der Waals surface area contributed by atoms with Gasteiger partial charge in [-0.05, 0) is 55.8 Å². The van der Waals surface area contributed by atoms with Crippen LogP contribution in [0, 0.1) is 5.82 Å². The van der Waals surface area contributed by atoms with E-state index in [1.165, 1.54) is 31.4 Å². The number of methoxy groups -OCH3 is 1. The van der Waals surface area contributed by atoms with Gasteiger partial charge < -0.3 is 4.74 Å². The summed E-state index contributed by atoms with van der Waals surface area (Å²) >= 11 is 3.39. The molecule has 4 nitrogen and oxygen atoms in total. The number of ketones is 1. The molecule has 0 spiro atoms. The monoisotopic (exact) mass is 421 g/mol. The van der Waals surface area contributed by atoms with Crippen LogP contribution in [0.25, 0.3) is 0 Å². The summed E-state index contributed by atoms with van der Waals surface area (Å²) in [4.78, 5) is 26.4. The first kappa shape index (κ1) is 20.1. The fourth-order valence-corrected chi connectivity index (χ4v) is 3.11. The number of halogens is 2. The maximum atomic E-state index is 13.0. The van der Waals surface area contributed by atoms with E-state index in [4.69, 9.17) is 4.74 Å². The molecule has 0 aliphatic heterocycles. The van der Waals surface area contributed by atoms with Crippen molar-refractivity contribution >= 4 is 27.8 Å². The molecule has 0 aliphatic rings. The van der Waals surface area contributed by atoms with Crippen molar-refractivity contribution in [2.75, 3.05) is 7.11 Å². The average Bonchev–Trinajstić information content (AvgIpc) is 2.62. The molecule has 26 heavy (non-hydrogen) atoms. The van der Waals surface area contributed by atoms with Crippen molar-refractivity contribution in [3.05, 3.63) is 69.9 Å². The predicted octanol–water partition coefficient (Wildman–Crippen LogP) is 5.38. The number of carbonyl (C=O) groups is 2. The standard InChI is InChI=1S/C20H21BrFNO3/c1-13(12-19(24)16-6-10-18(22)11-7-16)23(20(25)26-3)14(2)15-4-8-17(21)9-5-15/h4-11,13-14H,12H2,1-3H3. The number of nitrogens with zero attached hydrogens (tertiary/aromatic N) is 1. The molecule has 2 aromatic rings. The SMILES string of the molecule is COC(=O)N(C(C)CC(=O)c1ccc(F)cc1)C(C)c1ccc(Br)cc1. The largest absolute Gasteiger partial charge is 0.453 e. The zero-order chi connectivity index (χ0) is 19.3. The van der Waals surface area contributed by atoms with Gasteiger partial charge in [0.15, 0.2) is 5.78 Å². The summed E-state index contributed by atoms with van der Waals surface area (Å²) in [5.74, 6) is -0.552. The van der Waals surface area contributed by atoms with Gasteiger partial charge in [0, 0.05) is 22.5 Å². The molecule has 0 saturated heterocycles. The van der Waals surface area contributed by atoms with Crippen LogP contribution < -0.4 is 0 Å². The molecule has 0 N–H and O–H groups in total. The van der Waals surface area contributed by atoms with Crippen molar-refractivity contribution in [3.63, 3.8) is 0 Å². The molecule has 0 radical (unpaired) electrons. The highest BCUT2D eigenvalue weighted by Gasteiger charge is 2.29. The van der Waals surface area contributed by atoms with Crippen molar-refractivity contribution in [2.24, 2.45) is 0 Å². The van der Waals surface area contributed by atoms with Crippen LogP contribution in [0.4, 0.5) is 9.18 Å². The maximum absolute atomic E-state index is 13.0. The van der Waals surface area contributed by atoms with Crippen molar-refractivity contribution in [3.8, 4) is 0 Å². The molecule has 6 heteroatoms. The van der Waals surface area contributed by atoms with Gasteiger partial charge in [-0.1, -0.05) is 28.1 Å². The third-order valence-electron chi connectivity index (χ3n) is 4.28. The van der Waals surface area contributed by atoms with E-state index in [9.17, 15) is 14.0 Å². The Morgan fingerprint density at radius 3 is 2.19 bits per heavy atom. The van der Waals surface area contributed by atoms with Crippen LogP contribution in [-0.4, -0.2) is 29.9 Å². The molecule has 0 aliphatic carbocycles. The molecule has 0 bridgehead atoms. The van der Waals surface area contributed by atoms with Crippen molar-refractivity contribution in [1.82, 2.24) is 4.90 Å². The Bertz CT molecular complexity index is 762. The number of rotatable bonds is 6. The molecule has 0 heterocycles. The molecular weight excluding hydrogens is 401 g/mol. The number of hydrogen-bond donors (Lipinski definition) is 0. The predicted molar refractivity (Wildman–Crippen MR) is 102 cm³/mol. The molecule has 2 atom stereocenters. The van der Waals surface area contributed by atoms with E-state index >= 15 is 0 Å². The van der Waals surface area contributed by atoms with Crippen LogP contribution in [0.2, 0.25) is 0 Å². The lowest BCUT2D eigenvalue weighted by Gasteiger charge is -2.33. The molecule has 2 aromatic carbocycles. The Balaban J connectivity index is 2.19. The van der Waals surface area contributed by atoms with Gasteiger partial charge in [-0.2, -0.15) is 0 Å². The van der Waals surface area contributed by atoms with E-state index in [0.29, 0.717) is 5.56 Å². The highest BCUT2D eigenvalue weighted by atomic mass is 79.9. The number of Topliss-reactive ketones (excluding diaryl/α,β-unsaturated/α-hetero) is 1. The Kier molecular flexibility index (Phi) is 6.91. The highest BCUT2D eigenvalue weighted by Crippen LogP contribution is 2.26. The lowest BCUT2D eigenvalue weighted by molar-refractivity contribution is 0.0781. The second kappa shape index (κ2) is 8.94. The zero-order valence-electron chi connectivity index (χ0n) is 14.9. The lowest BCUT2D eigenvalue weighted by atomic mass is 10.0. The van der Waals surface area contributed by atoms with E-state index < -0.39 is 18.0 Å². The van der Waals surface area contributed by atoms with E-state index in [0.717, 1.165) is 10.0 Å². The molecule has 1 amide bonds. The van der Waals surface area contributed by atoms with Crippen molar-refractivity contribution in [2.45, 2.75) is 32.4 Å². The smallest absolute Gasteiger partial charge is 0.410 e. The summed E-state index contributed by atoms with van der Waals surface area (Å²) in [6, 6.07) is 12.4. The normalized spacial score (nSPS) is 13.0. The quantitative estimate of drug-likeness (QED) is 0.588. The van der Waals surface area contributed by atoms with Crippen LogP contribution in [0.3, 0.4) is 0 Å². The Morgan fingerprint density at radius 1 is 1.08 bits per heavy atom. The summed E-state index contributed by atoms with van der Waals surface area (Å²) in [5.41, 5.74) is 1.35. The fourth-order valence-electron chi connectivity index (χ4n) is 2.85. The Hall–Kier alpha value is -2.21. The second-order valence-corrected chi connectivity index (χ2v) is 7.00. The number of benzene rings is 2. The second-order valence-electron chi connectivity index (χ2n) is 6.09. The summed E-state index contributed by atoms with van der Waals surface area (Å²) in [6.45, 7) is 3.69. The van der Waals surface area contributed by atoms with E-state index in [1.54, 1.807) is 11.8 Å². The number of hydrogen-bond acceptors (Lipinski definition) is 3. The third-order valence-corrected chi connectivity index (χ3v) is 4.81. The van der Waals surface area contributed by atoms with Gasteiger partial charge in [0.25, 0.3) is 0 Å². The van der Waals surface area contributed by atoms with Gasteiger partial charge >= 0.3 is 6.09 Å². The first-order chi connectivity index (χ1) is 12.3. The first-order valence-corrected chi connectivity index (χ1v) is 9.03. The minimum atomic E-state index is -0.500. The number of amides is 1. The molecule has 0 saturated carbocycles. The fraction of sp³-hybridized carbons (Fsp3) is 0.300. The Morgan fingerprint density at radius 2 is 1.65 bits per heavy atom. The van der Waals surface area contributed by atoms with Gasteiger partial charge in [0.1, 0.15) is 5.82 Å². The van der Waals surface area contributed by atoms with Crippen molar-refractivity contribution in [1.29, 1.82) is 0 Å². The Labute approximate surface area is 161 Å². The van der Waals surface area contributed by atoms with Crippen molar-refractivity contribution < 1.29 is 18.7 Å². The summed E-state index contributed by atoms with van der Waals surface area (Å²) in [6.07, 6.45) is -0.387. The minimum Gasteiger partial charge on any atom is -0.453 e. The number of ether oxygens (including phenoxy) is 1. The topological polar surface area (TPSA) is 46.6 Å². The molecule has 2 unspecified atom stereocenters. The maximum Gasteiger partial charge on any atom is 0.410 e. The third kappa shape index (κ3) is 4.91. The molecule has 2 rings (SSSR count). The van der Waals surface area contributed by atoms with E-state index in [2.05, 4.69) is 15.9 Å². The molecule has 0 aromatic heterocycles. The van der Waals surface area contributed by atoms with Crippen LogP contribution in [0.1, 0.15) is 42.2 Å². The summed E-state index contributed by atoms with van der Waals surface area (Å²) in [5, 5.41) is 0. The zero-order valence-corrected chi connectivity index (χ0v) is 16.5.